The molecule has 0 radical (unpaired) electrons. The fourth-order valence-electron chi connectivity index (χ4n) is 4.08. The van der Waals surface area contributed by atoms with Crippen molar-refractivity contribution < 1.29 is 19.1 Å². The van der Waals surface area contributed by atoms with Crippen LogP contribution in [0.5, 0.6) is 11.5 Å². The summed E-state index contributed by atoms with van der Waals surface area (Å²) in [5, 5.41) is 1.91. The number of thiophene rings is 1. The number of hydrogen-bond acceptors (Lipinski definition) is 6. The Labute approximate surface area is 210 Å². The number of rotatable bonds is 9. The molecule has 4 rings (SSSR count). The topological polar surface area (TPSA) is 62.3 Å². The van der Waals surface area contributed by atoms with Crippen LogP contribution in [-0.2, 0) is 17.9 Å². The molecule has 1 saturated heterocycles. The molecule has 1 aromatic heterocycles. The van der Waals surface area contributed by atoms with E-state index in [0.717, 1.165) is 16.0 Å². The van der Waals surface area contributed by atoms with Crippen molar-refractivity contribution in [3.05, 3.63) is 82.0 Å². The summed E-state index contributed by atoms with van der Waals surface area (Å²) in [5.41, 5.74) is 2.13. The molecule has 8 heteroatoms. The molecule has 1 aliphatic heterocycles. The van der Waals surface area contributed by atoms with Gasteiger partial charge in [0.25, 0.3) is 5.91 Å². The first kappa shape index (κ1) is 24.8. The Kier molecular flexibility index (Phi) is 8.39. The van der Waals surface area contributed by atoms with Gasteiger partial charge in [-0.3, -0.25) is 14.5 Å². The van der Waals surface area contributed by atoms with E-state index in [0.29, 0.717) is 57.4 Å². The van der Waals surface area contributed by atoms with Crippen LogP contribution in [0, 0.1) is 0 Å². The van der Waals surface area contributed by atoms with Crippen LogP contribution in [0.15, 0.2) is 66.0 Å². The van der Waals surface area contributed by atoms with Gasteiger partial charge in [-0.25, -0.2) is 0 Å². The van der Waals surface area contributed by atoms with Crippen LogP contribution in [0.3, 0.4) is 0 Å². The van der Waals surface area contributed by atoms with E-state index in [4.69, 9.17) is 9.47 Å². The van der Waals surface area contributed by atoms with E-state index in [9.17, 15) is 9.59 Å². The molecule has 0 saturated carbocycles. The third-order valence-corrected chi connectivity index (χ3v) is 6.83. The normalized spacial score (nSPS) is 13.7. The maximum absolute atomic E-state index is 12.8. The summed E-state index contributed by atoms with van der Waals surface area (Å²) in [7, 11) is 3.56. The van der Waals surface area contributed by atoms with Crippen molar-refractivity contribution in [2.24, 2.45) is 0 Å². The number of hydrogen-bond donors (Lipinski definition) is 0. The number of carbonyl (C=O) groups excluding carboxylic acids is 2. The summed E-state index contributed by atoms with van der Waals surface area (Å²) < 4.78 is 11.5. The Morgan fingerprint density at radius 2 is 1.66 bits per heavy atom. The quantitative estimate of drug-likeness (QED) is 0.454. The van der Waals surface area contributed by atoms with Crippen molar-refractivity contribution in [3.63, 3.8) is 0 Å². The molecule has 0 aliphatic carbocycles. The highest BCUT2D eigenvalue weighted by Gasteiger charge is 2.25. The van der Waals surface area contributed by atoms with Gasteiger partial charge in [0.15, 0.2) is 11.5 Å². The lowest BCUT2D eigenvalue weighted by Gasteiger charge is -2.35. The molecule has 35 heavy (non-hydrogen) atoms. The average Bonchev–Trinajstić information content (AvgIpc) is 3.43. The van der Waals surface area contributed by atoms with Crippen LogP contribution in [0.1, 0.15) is 20.8 Å². The van der Waals surface area contributed by atoms with Crippen LogP contribution in [0.2, 0.25) is 0 Å². The largest absolute Gasteiger partial charge is 0.493 e. The molecular weight excluding hydrogens is 462 g/mol. The third kappa shape index (κ3) is 6.61. The monoisotopic (exact) mass is 493 g/mol. The number of benzene rings is 2. The Bertz CT molecular complexity index is 1110. The second-order valence-corrected chi connectivity index (χ2v) is 9.53. The van der Waals surface area contributed by atoms with Gasteiger partial charge in [0, 0.05) is 32.7 Å². The van der Waals surface area contributed by atoms with E-state index in [1.807, 2.05) is 87.8 Å². The lowest BCUT2D eigenvalue weighted by molar-refractivity contribution is -0.133. The van der Waals surface area contributed by atoms with Gasteiger partial charge >= 0.3 is 0 Å². The van der Waals surface area contributed by atoms with Gasteiger partial charge in [0.2, 0.25) is 5.91 Å². The smallest absolute Gasteiger partial charge is 0.264 e. The molecule has 0 unspecified atom stereocenters. The van der Waals surface area contributed by atoms with Crippen molar-refractivity contribution in [1.29, 1.82) is 0 Å². The first-order chi connectivity index (χ1) is 17.0. The van der Waals surface area contributed by atoms with E-state index in [-0.39, 0.29) is 11.8 Å². The van der Waals surface area contributed by atoms with Crippen LogP contribution in [-0.4, -0.2) is 73.4 Å². The number of carbonyl (C=O) groups is 2. The molecule has 2 heterocycles. The number of piperazine rings is 1. The van der Waals surface area contributed by atoms with Gasteiger partial charge in [0.1, 0.15) is 6.61 Å². The minimum absolute atomic E-state index is 0.0503. The van der Waals surface area contributed by atoms with Gasteiger partial charge in [0.05, 0.1) is 18.5 Å². The fourth-order valence-corrected chi connectivity index (χ4v) is 4.77. The van der Waals surface area contributed by atoms with Crippen molar-refractivity contribution in [2.45, 2.75) is 13.2 Å². The zero-order chi connectivity index (χ0) is 24.6. The highest BCUT2D eigenvalue weighted by molar-refractivity contribution is 7.12. The fraction of sp³-hybridized carbons (Fsp3) is 0.333. The van der Waals surface area contributed by atoms with Crippen LogP contribution >= 0.6 is 11.3 Å². The first-order valence-electron chi connectivity index (χ1n) is 11.7. The molecule has 2 aromatic carbocycles. The van der Waals surface area contributed by atoms with E-state index in [2.05, 4.69) is 0 Å². The van der Waals surface area contributed by atoms with Crippen LogP contribution in [0.25, 0.3) is 0 Å². The van der Waals surface area contributed by atoms with E-state index < -0.39 is 0 Å². The molecule has 184 valence electrons. The number of methoxy groups -OCH3 is 1. The Morgan fingerprint density at radius 3 is 2.34 bits per heavy atom. The Morgan fingerprint density at radius 1 is 0.914 bits per heavy atom. The predicted molar refractivity (Wildman–Crippen MR) is 137 cm³/mol. The summed E-state index contributed by atoms with van der Waals surface area (Å²) >= 11 is 1.45. The van der Waals surface area contributed by atoms with E-state index in [1.54, 1.807) is 7.11 Å². The highest BCUT2D eigenvalue weighted by atomic mass is 32.1. The first-order valence-corrected chi connectivity index (χ1v) is 12.5. The van der Waals surface area contributed by atoms with Gasteiger partial charge in [-0.2, -0.15) is 0 Å². The zero-order valence-corrected chi connectivity index (χ0v) is 21.0. The number of likely N-dealkylation sites (N-methyl/N-ethyl adjacent to an activating group) is 1. The van der Waals surface area contributed by atoms with E-state index >= 15 is 0 Å². The maximum atomic E-state index is 12.8. The molecule has 3 aromatic rings. The van der Waals surface area contributed by atoms with Crippen LogP contribution in [0.4, 0.5) is 0 Å². The summed E-state index contributed by atoms with van der Waals surface area (Å²) in [5.74, 6) is 1.48. The van der Waals surface area contributed by atoms with Gasteiger partial charge < -0.3 is 19.3 Å². The minimum Gasteiger partial charge on any atom is -0.493 e. The summed E-state index contributed by atoms with van der Waals surface area (Å²) in [6.07, 6.45) is 0. The molecule has 0 bridgehead atoms. The van der Waals surface area contributed by atoms with Crippen molar-refractivity contribution >= 4 is 23.2 Å². The second-order valence-electron chi connectivity index (χ2n) is 8.58. The number of ether oxygens (including phenoxy) is 2. The molecule has 7 nitrogen and oxygen atoms in total. The Balaban J connectivity index is 1.26. The summed E-state index contributed by atoms with van der Waals surface area (Å²) in [6.45, 7) is 3.64. The van der Waals surface area contributed by atoms with Gasteiger partial charge in [-0.05, 0) is 41.8 Å². The van der Waals surface area contributed by atoms with Gasteiger partial charge in [-0.15, -0.1) is 11.3 Å². The average molecular weight is 494 g/mol. The number of nitrogens with zero attached hydrogens (tertiary/aromatic N) is 3. The van der Waals surface area contributed by atoms with Crippen molar-refractivity contribution in [1.82, 2.24) is 14.7 Å². The molecule has 1 aliphatic rings. The maximum Gasteiger partial charge on any atom is 0.264 e. The predicted octanol–water partition coefficient (Wildman–Crippen LogP) is 3.75. The third-order valence-electron chi connectivity index (χ3n) is 5.97. The summed E-state index contributed by atoms with van der Waals surface area (Å²) in [6, 6.07) is 19.6. The van der Waals surface area contributed by atoms with Crippen molar-refractivity contribution in [2.75, 3.05) is 46.9 Å². The molecule has 2 amide bonds. The Hall–Kier alpha value is -3.36. The second kappa shape index (κ2) is 11.9. The van der Waals surface area contributed by atoms with Crippen LogP contribution < -0.4 is 9.47 Å². The molecular formula is C27H31N3O4S. The molecule has 1 fully saturated rings. The lowest BCUT2D eigenvalue weighted by atomic mass is 10.2. The minimum atomic E-state index is 0.0503. The molecule has 0 spiro atoms. The molecule has 0 atom stereocenters. The van der Waals surface area contributed by atoms with Crippen molar-refractivity contribution in [3.8, 4) is 11.5 Å². The lowest BCUT2D eigenvalue weighted by Crippen LogP contribution is -2.52. The van der Waals surface area contributed by atoms with E-state index in [1.165, 1.54) is 11.3 Å². The highest BCUT2D eigenvalue weighted by Crippen LogP contribution is 2.29. The number of amides is 2. The molecule has 0 N–H and O–H groups in total. The summed E-state index contributed by atoms with van der Waals surface area (Å²) in [4.78, 5) is 31.8. The SMILES string of the molecule is COc1cc(CN(C)CC(=O)N2CCN(C(=O)c3cccs3)CC2)ccc1OCc1ccccc1. The van der Waals surface area contributed by atoms with Gasteiger partial charge in [-0.1, -0.05) is 42.5 Å². The standard InChI is InChI=1S/C27H31N3O4S/c1-28(19-26(31)29-12-14-30(15-13-29)27(32)25-9-6-16-35-25)18-22-10-11-23(24(17-22)33-2)34-20-21-7-4-3-5-8-21/h3-11,16-17H,12-15,18-20H2,1-2H3. The zero-order valence-electron chi connectivity index (χ0n) is 20.2.